The molecule has 120 valence electrons. The minimum Gasteiger partial charge on any atom is -0.319 e. The lowest BCUT2D eigenvalue weighted by molar-refractivity contribution is 0.268. The van der Waals surface area contributed by atoms with Crippen LogP contribution in [-0.2, 0) is 23.3 Å². The molecule has 1 aromatic heterocycles. The van der Waals surface area contributed by atoms with E-state index in [-0.39, 0.29) is 6.54 Å². The maximum Gasteiger partial charge on any atom is 0.279 e. The van der Waals surface area contributed by atoms with Crippen LogP contribution in [0, 0.1) is 5.92 Å². The summed E-state index contributed by atoms with van der Waals surface area (Å²) in [4.78, 5) is 0. The average Bonchev–Trinajstić information content (AvgIpc) is 2.94. The van der Waals surface area contributed by atoms with E-state index in [1.807, 2.05) is 18.5 Å². The summed E-state index contributed by atoms with van der Waals surface area (Å²) >= 11 is 0. The maximum absolute atomic E-state index is 12.3. The molecule has 1 aromatic rings. The lowest BCUT2D eigenvalue weighted by Gasteiger charge is -2.31. The molecule has 2 rings (SSSR count). The van der Waals surface area contributed by atoms with Gasteiger partial charge in [-0.25, -0.2) is 0 Å². The Labute approximate surface area is 126 Å². The second-order valence-electron chi connectivity index (χ2n) is 5.26. The van der Waals surface area contributed by atoms with Crippen LogP contribution >= 0.6 is 0 Å². The summed E-state index contributed by atoms with van der Waals surface area (Å²) in [5.74, 6) is 1.19. The minimum atomic E-state index is -3.44. The third-order valence-corrected chi connectivity index (χ3v) is 5.41. The second-order valence-corrected chi connectivity index (χ2v) is 7.01. The van der Waals surface area contributed by atoms with E-state index in [0.717, 1.165) is 25.9 Å². The lowest BCUT2D eigenvalue weighted by Crippen LogP contribution is -2.45. The fourth-order valence-corrected chi connectivity index (χ4v) is 3.76. The van der Waals surface area contributed by atoms with Gasteiger partial charge in [0.15, 0.2) is 0 Å². The molecule has 21 heavy (non-hydrogen) atoms. The van der Waals surface area contributed by atoms with E-state index in [0.29, 0.717) is 24.8 Å². The zero-order valence-electron chi connectivity index (χ0n) is 12.6. The Morgan fingerprint density at radius 1 is 1.38 bits per heavy atom. The van der Waals surface area contributed by atoms with Crippen molar-refractivity contribution in [3.05, 3.63) is 12.2 Å². The van der Waals surface area contributed by atoms with Gasteiger partial charge in [-0.15, -0.1) is 10.2 Å². The molecule has 2 heterocycles. The molecule has 1 aliphatic rings. The Morgan fingerprint density at radius 2 is 2.10 bits per heavy atom. The summed E-state index contributed by atoms with van der Waals surface area (Å²) in [6.45, 7) is 4.95. The topological polar surface area (TPSA) is 92.1 Å². The van der Waals surface area contributed by atoms with Gasteiger partial charge in [0, 0.05) is 19.6 Å². The molecule has 0 aliphatic carbocycles. The van der Waals surface area contributed by atoms with Gasteiger partial charge in [0.2, 0.25) is 0 Å². The fraction of sp³-hybridized carbons (Fsp3) is 0.833. The first-order valence-electron chi connectivity index (χ1n) is 7.32. The molecule has 2 N–H and O–H groups in total. The summed E-state index contributed by atoms with van der Waals surface area (Å²) in [5, 5.41) is 10.9. The highest BCUT2D eigenvalue weighted by Gasteiger charge is 2.27. The predicted molar refractivity (Wildman–Crippen MR) is 79.7 cm³/mol. The van der Waals surface area contributed by atoms with Gasteiger partial charge in [-0.3, -0.25) is 0 Å². The number of nitrogens with zero attached hydrogens (tertiary/aromatic N) is 4. The van der Waals surface area contributed by atoms with E-state index < -0.39 is 10.2 Å². The van der Waals surface area contributed by atoms with E-state index in [2.05, 4.69) is 20.2 Å². The SMILES string of the molecule is CCn1cnnc1CNS(=O)(=O)N1CCC(CNC)CC1. The number of aromatic nitrogens is 3. The highest BCUT2D eigenvalue weighted by atomic mass is 32.2. The third-order valence-electron chi connectivity index (χ3n) is 3.86. The van der Waals surface area contributed by atoms with Crippen LogP contribution in [0.15, 0.2) is 6.33 Å². The molecule has 1 aliphatic heterocycles. The van der Waals surface area contributed by atoms with Gasteiger partial charge in [0.05, 0.1) is 6.54 Å². The van der Waals surface area contributed by atoms with E-state index >= 15 is 0 Å². The molecule has 9 heteroatoms. The molecule has 0 amide bonds. The van der Waals surface area contributed by atoms with E-state index in [4.69, 9.17) is 0 Å². The summed E-state index contributed by atoms with van der Waals surface area (Å²) in [5.41, 5.74) is 0. The van der Waals surface area contributed by atoms with Crippen LogP contribution in [0.4, 0.5) is 0 Å². The summed E-state index contributed by atoms with van der Waals surface area (Å²) in [6, 6.07) is 0. The van der Waals surface area contributed by atoms with Crippen LogP contribution in [0.1, 0.15) is 25.6 Å². The van der Waals surface area contributed by atoms with Gasteiger partial charge in [0.25, 0.3) is 10.2 Å². The molecule has 1 saturated heterocycles. The largest absolute Gasteiger partial charge is 0.319 e. The highest BCUT2D eigenvalue weighted by Crippen LogP contribution is 2.18. The number of aryl methyl sites for hydroxylation is 1. The summed E-state index contributed by atoms with van der Waals surface area (Å²) in [7, 11) is -1.52. The quantitative estimate of drug-likeness (QED) is 0.712. The van der Waals surface area contributed by atoms with Gasteiger partial charge in [0.1, 0.15) is 12.2 Å². The molecule has 1 fully saturated rings. The van der Waals surface area contributed by atoms with E-state index in [9.17, 15) is 8.42 Å². The van der Waals surface area contributed by atoms with Crippen molar-refractivity contribution in [1.82, 2.24) is 29.1 Å². The van der Waals surface area contributed by atoms with Crippen LogP contribution < -0.4 is 10.0 Å². The van der Waals surface area contributed by atoms with Crippen molar-refractivity contribution in [3.63, 3.8) is 0 Å². The number of hydrogen-bond acceptors (Lipinski definition) is 5. The lowest BCUT2D eigenvalue weighted by atomic mass is 9.98. The van der Waals surface area contributed by atoms with Crippen LogP contribution in [0.5, 0.6) is 0 Å². The normalized spacial score (nSPS) is 18.2. The molecule has 0 atom stereocenters. The van der Waals surface area contributed by atoms with E-state index in [1.54, 1.807) is 6.33 Å². The van der Waals surface area contributed by atoms with Crippen LogP contribution in [0.25, 0.3) is 0 Å². The molecule has 8 nitrogen and oxygen atoms in total. The molecule has 0 saturated carbocycles. The van der Waals surface area contributed by atoms with Crippen LogP contribution in [0.2, 0.25) is 0 Å². The van der Waals surface area contributed by atoms with Crippen LogP contribution in [-0.4, -0.2) is 54.2 Å². The summed E-state index contributed by atoms with van der Waals surface area (Å²) in [6.07, 6.45) is 3.40. The monoisotopic (exact) mass is 316 g/mol. The number of rotatable bonds is 7. The number of piperidine rings is 1. The Balaban J connectivity index is 1.88. The second kappa shape index (κ2) is 7.30. The Morgan fingerprint density at radius 3 is 2.71 bits per heavy atom. The first-order chi connectivity index (χ1) is 10.1. The van der Waals surface area contributed by atoms with Gasteiger partial charge < -0.3 is 9.88 Å². The van der Waals surface area contributed by atoms with Crippen molar-refractivity contribution in [2.75, 3.05) is 26.7 Å². The zero-order valence-corrected chi connectivity index (χ0v) is 13.4. The minimum absolute atomic E-state index is 0.173. The molecular formula is C12H24N6O2S. The first-order valence-corrected chi connectivity index (χ1v) is 8.76. The first kappa shape index (κ1) is 16.3. The van der Waals surface area contributed by atoms with Gasteiger partial charge >= 0.3 is 0 Å². The molecule has 0 spiro atoms. The number of hydrogen-bond donors (Lipinski definition) is 2. The van der Waals surface area contributed by atoms with Gasteiger partial charge in [-0.2, -0.15) is 17.4 Å². The van der Waals surface area contributed by atoms with Crippen LogP contribution in [0.3, 0.4) is 0 Å². The van der Waals surface area contributed by atoms with Crippen molar-refractivity contribution in [3.8, 4) is 0 Å². The van der Waals surface area contributed by atoms with Gasteiger partial charge in [-0.05, 0) is 39.3 Å². The molecule has 0 bridgehead atoms. The average molecular weight is 316 g/mol. The third kappa shape index (κ3) is 4.22. The Bertz CT molecular complexity index is 536. The smallest absolute Gasteiger partial charge is 0.279 e. The van der Waals surface area contributed by atoms with Crippen molar-refractivity contribution in [2.24, 2.45) is 5.92 Å². The standard InChI is InChI=1S/C12H24N6O2S/c1-3-17-10-14-16-12(17)9-15-21(19,20)18-6-4-11(5-7-18)8-13-2/h10-11,13,15H,3-9H2,1-2H3. The highest BCUT2D eigenvalue weighted by molar-refractivity contribution is 7.87. The predicted octanol–water partition coefficient (Wildman–Crippen LogP) is -0.436. The maximum atomic E-state index is 12.3. The van der Waals surface area contributed by atoms with Crippen molar-refractivity contribution in [2.45, 2.75) is 32.9 Å². The van der Waals surface area contributed by atoms with E-state index in [1.165, 1.54) is 4.31 Å². The fourth-order valence-electron chi connectivity index (χ4n) is 2.57. The number of nitrogens with one attached hydrogen (secondary N) is 2. The molecule has 0 unspecified atom stereocenters. The van der Waals surface area contributed by atoms with Gasteiger partial charge in [-0.1, -0.05) is 0 Å². The Kier molecular flexibility index (Phi) is 5.68. The Hall–Kier alpha value is -1.03. The molecule has 0 aromatic carbocycles. The van der Waals surface area contributed by atoms with Crippen molar-refractivity contribution in [1.29, 1.82) is 0 Å². The summed E-state index contributed by atoms with van der Waals surface area (Å²) < 4.78 is 30.5. The molecular weight excluding hydrogens is 292 g/mol. The molecule has 0 radical (unpaired) electrons. The van der Waals surface area contributed by atoms with Crippen molar-refractivity contribution >= 4 is 10.2 Å². The van der Waals surface area contributed by atoms with Crippen molar-refractivity contribution < 1.29 is 8.42 Å². The zero-order chi connectivity index (χ0) is 15.3.